The summed E-state index contributed by atoms with van der Waals surface area (Å²) in [6.07, 6.45) is 0. The Kier molecular flexibility index (Phi) is 2.81. The third kappa shape index (κ3) is 1.99. The predicted octanol–water partition coefficient (Wildman–Crippen LogP) is 2.40. The van der Waals surface area contributed by atoms with Gasteiger partial charge in [0.05, 0.1) is 7.11 Å². The zero-order chi connectivity index (χ0) is 12.6. The van der Waals surface area contributed by atoms with Gasteiger partial charge in [0.1, 0.15) is 10.6 Å². The Bertz CT molecular complexity index is 674. The van der Waals surface area contributed by atoms with Gasteiger partial charge in [-0.25, -0.2) is 0 Å². The van der Waals surface area contributed by atoms with Gasteiger partial charge >= 0.3 is 0 Å². The molecule has 0 spiro atoms. The van der Waals surface area contributed by atoms with Crippen molar-refractivity contribution in [1.82, 2.24) is 0 Å². The van der Waals surface area contributed by atoms with Crippen molar-refractivity contribution in [1.29, 1.82) is 0 Å². The van der Waals surface area contributed by atoms with E-state index >= 15 is 0 Å². The molecule has 0 fully saturated rings. The Morgan fingerprint density at radius 2 is 1.88 bits per heavy atom. The summed E-state index contributed by atoms with van der Waals surface area (Å²) < 4.78 is 37.3. The van der Waals surface area contributed by atoms with Crippen molar-refractivity contribution >= 4 is 20.9 Å². The van der Waals surface area contributed by atoms with Crippen LogP contribution in [0.2, 0.25) is 0 Å². The van der Waals surface area contributed by atoms with Crippen LogP contribution in [-0.4, -0.2) is 20.1 Å². The van der Waals surface area contributed by atoms with E-state index in [-0.39, 0.29) is 10.6 Å². The molecule has 2 aromatic carbocycles. The predicted molar refractivity (Wildman–Crippen MR) is 65.1 cm³/mol. The minimum absolute atomic E-state index is 0.171. The molecule has 0 unspecified atom stereocenters. The molecule has 17 heavy (non-hydrogen) atoms. The minimum atomic E-state index is -4.32. The average Bonchev–Trinajstić information content (AvgIpc) is 2.25. The van der Waals surface area contributed by atoms with E-state index in [1.165, 1.54) is 7.11 Å². The summed E-state index contributed by atoms with van der Waals surface area (Å²) in [5.41, 5.74) is 0.666. The van der Waals surface area contributed by atoms with Crippen LogP contribution < -0.4 is 4.74 Å². The first kappa shape index (κ1) is 11.9. The number of ether oxygens (including phenoxy) is 1. The van der Waals surface area contributed by atoms with Crippen molar-refractivity contribution in [2.45, 2.75) is 11.8 Å². The van der Waals surface area contributed by atoms with Gasteiger partial charge in [0, 0.05) is 5.39 Å². The third-order valence-electron chi connectivity index (χ3n) is 2.60. The Hall–Kier alpha value is -1.59. The van der Waals surface area contributed by atoms with Crippen LogP contribution in [0.1, 0.15) is 5.56 Å². The first-order valence-electron chi connectivity index (χ1n) is 4.99. The SMILES string of the molecule is COc1c(C)cc2ccccc2c1S(=O)(=O)O. The van der Waals surface area contributed by atoms with Gasteiger partial charge in [-0.1, -0.05) is 24.3 Å². The molecule has 1 N–H and O–H groups in total. The highest BCUT2D eigenvalue weighted by molar-refractivity contribution is 7.86. The maximum atomic E-state index is 11.5. The molecule has 0 heterocycles. The molecule has 0 amide bonds. The van der Waals surface area contributed by atoms with Gasteiger partial charge in [0.2, 0.25) is 0 Å². The van der Waals surface area contributed by atoms with Gasteiger partial charge in [0.15, 0.2) is 0 Å². The van der Waals surface area contributed by atoms with E-state index in [2.05, 4.69) is 0 Å². The molecule has 0 radical (unpaired) electrons. The second-order valence-corrected chi connectivity index (χ2v) is 5.11. The first-order valence-corrected chi connectivity index (χ1v) is 6.43. The van der Waals surface area contributed by atoms with Gasteiger partial charge in [-0.3, -0.25) is 4.55 Å². The molecule has 4 nitrogen and oxygen atoms in total. The maximum absolute atomic E-state index is 11.5. The average molecular weight is 252 g/mol. The molecule has 0 saturated heterocycles. The van der Waals surface area contributed by atoms with Crippen molar-refractivity contribution in [2.24, 2.45) is 0 Å². The summed E-state index contributed by atoms with van der Waals surface area (Å²) in [6, 6.07) is 8.77. The molecule has 0 aliphatic rings. The van der Waals surface area contributed by atoms with Gasteiger partial charge in [-0.2, -0.15) is 8.42 Å². The lowest BCUT2D eigenvalue weighted by Gasteiger charge is -2.12. The van der Waals surface area contributed by atoms with Crippen molar-refractivity contribution in [3.63, 3.8) is 0 Å². The van der Waals surface area contributed by atoms with Gasteiger partial charge in [0.25, 0.3) is 10.1 Å². The van der Waals surface area contributed by atoms with Crippen LogP contribution in [0, 0.1) is 6.92 Å². The van der Waals surface area contributed by atoms with E-state index in [1.54, 1.807) is 25.1 Å². The van der Waals surface area contributed by atoms with E-state index in [9.17, 15) is 13.0 Å². The van der Waals surface area contributed by atoms with Crippen LogP contribution in [0.15, 0.2) is 35.2 Å². The lowest BCUT2D eigenvalue weighted by molar-refractivity contribution is 0.396. The Morgan fingerprint density at radius 3 is 2.47 bits per heavy atom. The molecule has 0 saturated carbocycles. The van der Waals surface area contributed by atoms with Crippen molar-refractivity contribution < 1.29 is 17.7 Å². The van der Waals surface area contributed by atoms with E-state index < -0.39 is 10.1 Å². The molecule has 2 rings (SSSR count). The van der Waals surface area contributed by atoms with Crippen LogP contribution in [0.4, 0.5) is 0 Å². The van der Waals surface area contributed by atoms with E-state index in [1.807, 2.05) is 12.1 Å². The molecule has 0 aromatic heterocycles. The molecule has 5 heteroatoms. The van der Waals surface area contributed by atoms with Crippen molar-refractivity contribution in [3.8, 4) is 5.75 Å². The highest BCUT2D eigenvalue weighted by atomic mass is 32.2. The summed E-state index contributed by atoms with van der Waals surface area (Å²) in [7, 11) is -2.94. The van der Waals surface area contributed by atoms with E-state index in [4.69, 9.17) is 4.74 Å². The van der Waals surface area contributed by atoms with Crippen LogP contribution in [0.25, 0.3) is 10.8 Å². The molecule has 0 aliphatic heterocycles. The Labute approximate surface area is 99.6 Å². The van der Waals surface area contributed by atoms with Gasteiger partial charge in [-0.15, -0.1) is 0 Å². The number of methoxy groups -OCH3 is 1. The normalized spacial score (nSPS) is 11.7. The molecule has 90 valence electrons. The lowest BCUT2D eigenvalue weighted by atomic mass is 10.1. The zero-order valence-electron chi connectivity index (χ0n) is 9.47. The zero-order valence-corrected chi connectivity index (χ0v) is 10.3. The smallest absolute Gasteiger partial charge is 0.298 e. The van der Waals surface area contributed by atoms with E-state index in [0.29, 0.717) is 10.9 Å². The molecular formula is C12H12O4S. The maximum Gasteiger partial charge on any atom is 0.298 e. The molecule has 2 aromatic rings. The summed E-state index contributed by atoms with van der Waals surface area (Å²) in [5, 5.41) is 1.20. The highest BCUT2D eigenvalue weighted by Crippen LogP contribution is 2.34. The lowest BCUT2D eigenvalue weighted by Crippen LogP contribution is -2.04. The fourth-order valence-electron chi connectivity index (χ4n) is 1.94. The second-order valence-electron chi connectivity index (χ2n) is 3.75. The largest absolute Gasteiger partial charge is 0.495 e. The van der Waals surface area contributed by atoms with Crippen LogP contribution in [0.3, 0.4) is 0 Å². The molecule has 0 aliphatic carbocycles. The quantitative estimate of drug-likeness (QED) is 0.834. The first-order chi connectivity index (χ1) is 7.95. The summed E-state index contributed by atoms with van der Waals surface area (Å²) in [5.74, 6) is 0.186. The van der Waals surface area contributed by atoms with Crippen molar-refractivity contribution in [3.05, 3.63) is 35.9 Å². The number of hydrogen-bond donors (Lipinski definition) is 1. The van der Waals surface area contributed by atoms with Crippen molar-refractivity contribution in [2.75, 3.05) is 7.11 Å². The van der Waals surface area contributed by atoms with Gasteiger partial charge in [-0.05, 0) is 23.9 Å². The number of benzene rings is 2. The number of fused-ring (bicyclic) bond motifs is 1. The molecule has 0 atom stereocenters. The summed E-state index contributed by atoms with van der Waals surface area (Å²) in [6.45, 7) is 1.74. The number of hydrogen-bond acceptors (Lipinski definition) is 3. The Morgan fingerprint density at radius 1 is 1.24 bits per heavy atom. The molecular weight excluding hydrogens is 240 g/mol. The number of rotatable bonds is 2. The minimum Gasteiger partial charge on any atom is -0.495 e. The fourth-order valence-corrected chi connectivity index (χ4v) is 2.88. The van der Waals surface area contributed by atoms with Crippen LogP contribution in [-0.2, 0) is 10.1 Å². The standard InChI is InChI=1S/C12H12O4S/c1-8-7-9-5-3-4-6-10(9)12(11(8)16-2)17(13,14)15/h3-7H,1-2H3,(H,13,14,15). The second kappa shape index (κ2) is 4.01. The molecule has 0 bridgehead atoms. The van der Waals surface area contributed by atoms with E-state index in [0.717, 1.165) is 5.39 Å². The fraction of sp³-hybridized carbons (Fsp3) is 0.167. The topological polar surface area (TPSA) is 63.6 Å². The number of aryl methyl sites for hydroxylation is 1. The Balaban J connectivity index is 3.03. The summed E-state index contributed by atoms with van der Waals surface area (Å²) in [4.78, 5) is -0.171. The highest BCUT2D eigenvalue weighted by Gasteiger charge is 2.22. The monoisotopic (exact) mass is 252 g/mol. The van der Waals surface area contributed by atoms with Gasteiger partial charge < -0.3 is 4.74 Å². The van der Waals surface area contributed by atoms with Crippen LogP contribution >= 0.6 is 0 Å². The summed E-state index contributed by atoms with van der Waals surface area (Å²) >= 11 is 0. The third-order valence-corrected chi connectivity index (χ3v) is 3.53. The van der Waals surface area contributed by atoms with Crippen LogP contribution in [0.5, 0.6) is 5.75 Å².